The van der Waals surface area contributed by atoms with Crippen molar-refractivity contribution < 1.29 is 36.7 Å². The number of hydroxylamine groups is 2. The zero-order valence-corrected chi connectivity index (χ0v) is 18.7. The number of halogens is 3. The molecule has 1 saturated heterocycles. The van der Waals surface area contributed by atoms with E-state index in [2.05, 4.69) is 0 Å². The number of likely N-dealkylation sites (N-methyl/N-ethyl adjacent to an activating group) is 1. The van der Waals surface area contributed by atoms with Gasteiger partial charge in [-0.2, -0.15) is 13.2 Å². The third-order valence-corrected chi connectivity index (χ3v) is 5.35. The number of ether oxygens (including phenoxy) is 2. The van der Waals surface area contributed by atoms with Crippen LogP contribution in [0.1, 0.15) is 19.4 Å². The van der Waals surface area contributed by atoms with Gasteiger partial charge in [-0.05, 0) is 39.1 Å². The van der Waals surface area contributed by atoms with Gasteiger partial charge in [-0.15, -0.1) is 0 Å². The van der Waals surface area contributed by atoms with Crippen molar-refractivity contribution in [3.63, 3.8) is 0 Å². The zero-order chi connectivity index (χ0) is 22.3. The summed E-state index contributed by atoms with van der Waals surface area (Å²) in [6, 6.07) is 7.23. The average molecular weight is 436 g/mol. The van der Waals surface area contributed by atoms with E-state index in [1.807, 2.05) is 0 Å². The van der Waals surface area contributed by atoms with E-state index in [1.54, 1.807) is 25.7 Å². The van der Waals surface area contributed by atoms with E-state index in [1.165, 1.54) is 52.3 Å². The fraction of sp³-hybridized carbons (Fsp3) is 0.632. The molecule has 1 fully saturated rings. The van der Waals surface area contributed by atoms with Crippen LogP contribution in [-0.4, -0.2) is 57.6 Å². The molecule has 1 aliphatic heterocycles. The summed E-state index contributed by atoms with van der Waals surface area (Å²) in [6.07, 6.45) is -8.27. The molecule has 164 valence electrons. The van der Waals surface area contributed by atoms with E-state index in [4.69, 9.17) is 18.7 Å². The van der Waals surface area contributed by atoms with Crippen molar-refractivity contribution in [3.05, 3.63) is 35.9 Å². The molecule has 2 rings (SSSR count). The lowest BCUT2D eigenvalue weighted by molar-refractivity contribution is -0.298. The number of rotatable bonds is 6. The Morgan fingerprint density at radius 2 is 1.69 bits per heavy atom. The molecular formula is C19H28F3NO5Si. The summed E-state index contributed by atoms with van der Waals surface area (Å²) in [6.45, 7) is 7.86. The highest BCUT2D eigenvalue weighted by Crippen LogP contribution is 2.52. The van der Waals surface area contributed by atoms with E-state index in [0.29, 0.717) is 0 Å². The van der Waals surface area contributed by atoms with Gasteiger partial charge in [0.1, 0.15) is 6.10 Å². The van der Waals surface area contributed by atoms with Crippen molar-refractivity contribution in [2.75, 3.05) is 14.2 Å². The SMILES string of the molecule is CON(C)C(=O)[C@@H]1OC(C)(C)O[C@H]1[C@](O[Si](C)(C)C)(c1ccccc1)C(F)(F)F. The lowest BCUT2D eigenvalue weighted by Gasteiger charge is -2.45. The predicted molar refractivity (Wildman–Crippen MR) is 102 cm³/mol. The first-order valence-corrected chi connectivity index (χ1v) is 12.6. The first-order valence-electron chi connectivity index (χ1n) is 9.14. The Hall–Kier alpha value is -1.46. The van der Waals surface area contributed by atoms with Crippen LogP contribution in [0.5, 0.6) is 0 Å². The van der Waals surface area contributed by atoms with Crippen LogP contribution in [-0.2, 0) is 29.1 Å². The van der Waals surface area contributed by atoms with Crippen LogP contribution < -0.4 is 0 Å². The molecule has 10 heteroatoms. The van der Waals surface area contributed by atoms with Crippen molar-refractivity contribution in [2.24, 2.45) is 0 Å². The second kappa shape index (κ2) is 7.99. The maximum Gasteiger partial charge on any atom is 0.423 e. The molecule has 1 aliphatic rings. The Balaban J connectivity index is 2.75. The lowest BCUT2D eigenvalue weighted by Crippen LogP contribution is -2.62. The van der Waals surface area contributed by atoms with E-state index in [9.17, 15) is 18.0 Å². The summed E-state index contributed by atoms with van der Waals surface area (Å²) in [4.78, 5) is 17.7. The second-order valence-corrected chi connectivity index (χ2v) is 12.7. The molecule has 29 heavy (non-hydrogen) atoms. The summed E-state index contributed by atoms with van der Waals surface area (Å²) in [5.41, 5.74) is -3.05. The molecule has 0 spiro atoms. The Morgan fingerprint density at radius 1 is 1.14 bits per heavy atom. The molecule has 0 N–H and O–H groups in total. The number of hydrogen-bond donors (Lipinski definition) is 0. The quantitative estimate of drug-likeness (QED) is 0.502. The number of alkyl halides is 3. The average Bonchev–Trinajstić information content (AvgIpc) is 2.93. The molecule has 1 aromatic rings. The lowest BCUT2D eigenvalue weighted by atomic mass is 9.84. The molecule has 0 aliphatic carbocycles. The highest BCUT2D eigenvalue weighted by Gasteiger charge is 2.70. The van der Waals surface area contributed by atoms with Crippen LogP contribution in [0.2, 0.25) is 19.6 Å². The minimum absolute atomic E-state index is 0.154. The number of carbonyl (C=O) groups is 1. The maximum absolute atomic E-state index is 14.8. The van der Waals surface area contributed by atoms with Crippen LogP contribution in [0.3, 0.4) is 0 Å². The van der Waals surface area contributed by atoms with Gasteiger partial charge >= 0.3 is 6.18 Å². The van der Waals surface area contributed by atoms with Gasteiger partial charge in [0.15, 0.2) is 20.2 Å². The fourth-order valence-corrected chi connectivity index (χ4v) is 4.66. The Kier molecular flexibility index (Phi) is 6.56. The number of nitrogens with zero attached hydrogens (tertiary/aromatic N) is 1. The third kappa shape index (κ3) is 4.83. The zero-order valence-electron chi connectivity index (χ0n) is 17.7. The molecule has 0 saturated carbocycles. The molecule has 1 aromatic carbocycles. The monoisotopic (exact) mass is 435 g/mol. The molecule has 1 amide bonds. The number of hydrogen-bond acceptors (Lipinski definition) is 5. The molecule has 6 nitrogen and oxygen atoms in total. The van der Waals surface area contributed by atoms with Gasteiger partial charge < -0.3 is 13.9 Å². The molecule has 0 unspecified atom stereocenters. The van der Waals surface area contributed by atoms with E-state index in [-0.39, 0.29) is 5.56 Å². The minimum atomic E-state index is -4.90. The summed E-state index contributed by atoms with van der Waals surface area (Å²) in [7, 11) is -0.277. The number of carbonyl (C=O) groups excluding carboxylic acids is 1. The molecular weight excluding hydrogens is 407 g/mol. The first-order chi connectivity index (χ1) is 13.1. The highest BCUT2D eigenvalue weighted by atomic mass is 28.4. The molecule has 0 aromatic heterocycles. The van der Waals surface area contributed by atoms with Gasteiger partial charge in [-0.25, -0.2) is 5.06 Å². The van der Waals surface area contributed by atoms with E-state index in [0.717, 1.165) is 5.06 Å². The largest absolute Gasteiger partial charge is 0.423 e. The van der Waals surface area contributed by atoms with Crippen LogP contribution in [0, 0.1) is 0 Å². The van der Waals surface area contributed by atoms with Gasteiger partial charge in [-0.1, -0.05) is 30.3 Å². The van der Waals surface area contributed by atoms with Crippen molar-refractivity contribution >= 4 is 14.2 Å². The fourth-order valence-electron chi connectivity index (χ4n) is 3.34. The standard InChI is InChI=1S/C19H28F3NO5Si/c1-17(2)26-14(16(24)23(3)25-4)15(27-17)18(19(20,21)22,28-29(5,6)7)13-11-9-8-10-12-13/h8-12,14-15H,1-7H3/t14-,15-,18-/m1/s1. The molecule has 1 heterocycles. The summed E-state index contributed by atoms with van der Waals surface area (Å²) < 4.78 is 61.7. The first kappa shape index (κ1) is 23.8. The summed E-state index contributed by atoms with van der Waals surface area (Å²) in [5.74, 6) is -2.24. The van der Waals surface area contributed by atoms with Crippen molar-refractivity contribution in [2.45, 2.75) is 63.3 Å². The van der Waals surface area contributed by atoms with Gasteiger partial charge in [-0.3, -0.25) is 9.63 Å². The smallest absolute Gasteiger partial charge is 0.398 e. The van der Waals surface area contributed by atoms with Crippen LogP contribution in [0.25, 0.3) is 0 Å². The third-order valence-electron chi connectivity index (χ3n) is 4.42. The maximum atomic E-state index is 14.8. The van der Waals surface area contributed by atoms with Crippen LogP contribution in [0.15, 0.2) is 30.3 Å². The minimum Gasteiger partial charge on any atom is -0.398 e. The molecule has 3 atom stereocenters. The normalized spacial score (nSPS) is 24.2. The van der Waals surface area contributed by atoms with Gasteiger partial charge in [0, 0.05) is 7.05 Å². The van der Waals surface area contributed by atoms with Crippen molar-refractivity contribution in [3.8, 4) is 0 Å². The van der Waals surface area contributed by atoms with E-state index < -0.39 is 44.0 Å². The topological polar surface area (TPSA) is 57.2 Å². The number of amides is 1. The number of benzene rings is 1. The van der Waals surface area contributed by atoms with Gasteiger partial charge in [0.05, 0.1) is 7.11 Å². The Bertz CT molecular complexity index is 723. The second-order valence-electron chi connectivity index (χ2n) is 8.31. The summed E-state index contributed by atoms with van der Waals surface area (Å²) >= 11 is 0. The van der Waals surface area contributed by atoms with Crippen molar-refractivity contribution in [1.29, 1.82) is 0 Å². The summed E-state index contributed by atoms with van der Waals surface area (Å²) in [5, 5.41) is 0.822. The van der Waals surface area contributed by atoms with Crippen LogP contribution >= 0.6 is 0 Å². The van der Waals surface area contributed by atoms with Gasteiger partial charge in [0.25, 0.3) is 5.91 Å². The van der Waals surface area contributed by atoms with Crippen molar-refractivity contribution in [1.82, 2.24) is 5.06 Å². The predicted octanol–water partition coefficient (Wildman–Crippen LogP) is 3.84. The van der Waals surface area contributed by atoms with E-state index >= 15 is 0 Å². The van der Waals surface area contributed by atoms with Crippen LogP contribution in [0.4, 0.5) is 13.2 Å². The Labute approximate surface area is 170 Å². The molecule has 0 radical (unpaired) electrons. The molecule has 0 bridgehead atoms. The highest BCUT2D eigenvalue weighted by molar-refractivity contribution is 6.69. The Morgan fingerprint density at radius 3 is 2.14 bits per heavy atom. The van der Waals surface area contributed by atoms with Gasteiger partial charge in [0.2, 0.25) is 5.60 Å².